The minimum absolute atomic E-state index is 0. The summed E-state index contributed by atoms with van der Waals surface area (Å²) in [5.74, 6) is 1.42. The van der Waals surface area contributed by atoms with Crippen LogP contribution in [0.5, 0.6) is 5.75 Å². The second-order valence-electron chi connectivity index (χ2n) is 5.63. The molecule has 0 saturated carbocycles. The molecule has 1 saturated heterocycles. The highest BCUT2D eigenvalue weighted by Crippen LogP contribution is 2.17. The highest BCUT2D eigenvalue weighted by molar-refractivity contribution is 5.85. The fourth-order valence-corrected chi connectivity index (χ4v) is 2.77. The van der Waals surface area contributed by atoms with Gasteiger partial charge in [0.25, 0.3) is 0 Å². The van der Waals surface area contributed by atoms with E-state index in [4.69, 9.17) is 4.74 Å². The zero-order valence-corrected chi connectivity index (χ0v) is 13.7. The third kappa shape index (κ3) is 4.90. The number of hydrogen-bond donors (Lipinski definition) is 2. The van der Waals surface area contributed by atoms with Crippen LogP contribution < -0.4 is 15.4 Å². The van der Waals surface area contributed by atoms with Gasteiger partial charge in [-0.3, -0.25) is 4.79 Å². The Balaban J connectivity index is 0.00000220. The van der Waals surface area contributed by atoms with E-state index in [1.54, 1.807) is 7.11 Å². The maximum Gasteiger partial charge on any atom is 0.224 e. The SMILES string of the molecule is COc1ccc(CC(=O)NC2C(C)CCNC2C)cc1.Cl. The first-order valence-corrected chi connectivity index (χ1v) is 7.26. The number of carbonyl (C=O) groups is 1. The quantitative estimate of drug-likeness (QED) is 0.896. The minimum Gasteiger partial charge on any atom is -0.497 e. The zero-order valence-electron chi connectivity index (χ0n) is 12.9. The van der Waals surface area contributed by atoms with Crippen LogP contribution >= 0.6 is 12.4 Å². The van der Waals surface area contributed by atoms with Crippen molar-refractivity contribution in [2.45, 2.75) is 38.8 Å². The summed E-state index contributed by atoms with van der Waals surface area (Å²) >= 11 is 0. The lowest BCUT2D eigenvalue weighted by Gasteiger charge is -2.36. The van der Waals surface area contributed by atoms with Crippen LogP contribution in [0.3, 0.4) is 0 Å². The van der Waals surface area contributed by atoms with Crippen LogP contribution in [0.1, 0.15) is 25.8 Å². The van der Waals surface area contributed by atoms with Crippen LogP contribution in [0, 0.1) is 5.92 Å². The first-order valence-electron chi connectivity index (χ1n) is 7.26. The van der Waals surface area contributed by atoms with Crippen LogP contribution in [0.4, 0.5) is 0 Å². The Labute approximate surface area is 133 Å². The molecule has 0 bridgehead atoms. The van der Waals surface area contributed by atoms with E-state index in [9.17, 15) is 4.79 Å². The average molecular weight is 313 g/mol. The maximum atomic E-state index is 12.2. The number of halogens is 1. The van der Waals surface area contributed by atoms with Crippen molar-refractivity contribution in [2.75, 3.05) is 13.7 Å². The number of methoxy groups -OCH3 is 1. The van der Waals surface area contributed by atoms with Crippen molar-refractivity contribution in [3.63, 3.8) is 0 Å². The van der Waals surface area contributed by atoms with Crippen molar-refractivity contribution < 1.29 is 9.53 Å². The number of carbonyl (C=O) groups excluding carboxylic acids is 1. The fourth-order valence-electron chi connectivity index (χ4n) is 2.77. The van der Waals surface area contributed by atoms with Gasteiger partial charge < -0.3 is 15.4 Å². The Morgan fingerprint density at radius 3 is 2.57 bits per heavy atom. The molecule has 2 rings (SSSR count). The highest BCUT2D eigenvalue weighted by Gasteiger charge is 2.28. The van der Waals surface area contributed by atoms with Gasteiger partial charge in [-0.05, 0) is 43.5 Å². The highest BCUT2D eigenvalue weighted by atomic mass is 35.5. The minimum atomic E-state index is 0. The van der Waals surface area contributed by atoms with Crippen molar-refractivity contribution in [1.29, 1.82) is 0 Å². The maximum absolute atomic E-state index is 12.2. The summed E-state index contributed by atoms with van der Waals surface area (Å²) in [5, 5.41) is 6.58. The molecular weight excluding hydrogens is 288 g/mol. The molecule has 1 amide bonds. The molecule has 3 atom stereocenters. The second kappa shape index (κ2) is 8.25. The summed E-state index contributed by atoms with van der Waals surface area (Å²) in [5.41, 5.74) is 1.01. The van der Waals surface area contributed by atoms with Gasteiger partial charge in [0, 0.05) is 12.1 Å². The molecule has 0 aromatic heterocycles. The topological polar surface area (TPSA) is 50.4 Å². The van der Waals surface area contributed by atoms with Crippen LogP contribution in [-0.4, -0.2) is 31.6 Å². The van der Waals surface area contributed by atoms with Crippen LogP contribution in [0.2, 0.25) is 0 Å². The summed E-state index contributed by atoms with van der Waals surface area (Å²) in [4.78, 5) is 12.2. The Bertz CT molecular complexity index is 440. The van der Waals surface area contributed by atoms with Gasteiger partial charge in [-0.1, -0.05) is 19.1 Å². The van der Waals surface area contributed by atoms with Gasteiger partial charge >= 0.3 is 0 Å². The molecule has 2 N–H and O–H groups in total. The molecule has 3 unspecified atom stereocenters. The standard InChI is InChI=1S/C16H24N2O2.ClH/c1-11-8-9-17-12(2)16(11)18-15(19)10-13-4-6-14(20-3)7-5-13;/h4-7,11-12,16-17H,8-10H2,1-3H3,(H,18,19);1H. The molecule has 1 heterocycles. The normalized spacial score (nSPS) is 24.8. The molecule has 0 radical (unpaired) electrons. The summed E-state index contributed by atoms with van der Waals surface area (Å²) in [6, 6.07) is 8.19. The van der Waals surface area contributed by atoms with Gasteiger partial charge in [0.2, 0.25) is 5.91 Å². The Morgan fingerprint density at radius 1 is 1.33 bits per heavy atom. The van der Waals surface area contributed by atoms with E-state index >= 15 is 0 Å². The summed E-state index contributed by atoms with van der Waals surface area (Å²) < 4.78 is 5.11. The number of benzene rings is 1. The van der Waals surface area contributed by atoms with E-state index in [0.717, 1.165) is 24.3 Å². The molecule has 1 aromatic rings. The van der Waals surface area contributed by atoms with Crippen molar-refractivity contribution in [1.82, 2.24) is 10.6 Å². The lowest BCUT2D eigenvalue weighted by Crippen LogP contribution is -2.56. The smallest absolute Gasteiger partial charge is 0.224 e. The molecule has 5 heteroatoms. The van der Waals surface area contributed by atoms with Gasteiger partial charge in [0.1, 0.15) is 5.75 Å². The van der Waals surface area contributed by atoms with E-state index in [2.05, 4.69) is 24.5 Å². The van der Waals surface area contributed by atoms with Crippen molar-refractivity contribution >= 4 is 18.3 Å². The summed E-state index contributed by atoms with van der Waals surface area (Å²) in [7, 11) is 1.64. The lowest BCUT2D eigenvalue weighted by molar-refractivity contribution is -0.121. The van der Waals surface area contributed by atoms with E-state index in [-0.39, 0.29) is 24.4 Å². The van der Waals surface area contributed by atoms with Crippen molar-refractivity contribution in [3.05, 3.63) is 29.8 Å². The van der Waals surface area contributed by atoms with Gasteiger partial charge in [-0.25, -0.2) is 0 Å². The molecule has 1 aliphatic heterocycles. The zero-order chi connectivity index (χ0) is 14.5. The Kier molecular flexibility index (Phi) is 6.99. The predicted molar refractivity (Wildman–Crippen MR) is 87.1 cm³/mol. The molecule has 118 valence electrons. The number of ether oxygens (including phenoxy) is 1. The number of amides is 1. The molecular formula is C16H25ClN2O2. The third-order valence-electron chi connectivity index (χ3n) is 4.07. The first-order chi connectivity index (χ1) is 9.60. The van der Waals surface area contributed by atoms with E-state index in [0.29, 0.717) is 18.4 Å². The molecule has 0 aliphatic carbocycles. The predicted octanol–water partition coefficient (Wildman–Crippen LogP) is 2.16. The third-order valence-corrected chi connectivity index (χ3v) is 4.07. The second-order valence-corrected chi connectivity index (χ2v) is 5.63. The summed E-state index contributed by atoms with van der Waals surface area (Å²) in [6.07, 6.45) is 1.53. The molecule has 1 fully saturated rings. The summed E-state index contributed by atoms with van der Waals surface area (Å²) in [6.45, 7) is 5.37. The van der Waals surface area contributed by atoms with E-state index in [1.807, 2.05) is 24.3 Å². The van der Waals surface area contributed by atoms with Gasteiger partial charge in [-0.2, -0.15) is 0 Å². The van der Waals surface area contributed by atoms with Crippen LogP contribution in [0.25, 0.3) is 0 Å². The number of hydrogen-bond acceptors (Lipinski definition) is 3. The van der Waals surface area contributed by atoms with Gasteiger partial charge in [-0.15, -0.1) is 12.4 Å². The van der Waals surface area contributed by atoms with Gasteiger partial charge in [0.05, 0.1) is 13.5 Å². The molecule has 0 spiro atoms. The average Bonchev–Trinajstić information content (AvgIpc) is 2.44. The largest absolute Gasteiger partial charge is 0.497 e. The molecule has 4 nitrogen and oxygen atoms in total. The number of piperidine rings is 1. The lowest BCUT2D eigenvalue weighted by atomic mass is 9.89. The van der Waals surface area contributed by atoms with E-state index < -0.39 is 0 Å². The fraction of sp³-hybridized carbons (Fsp3) is 0.562. The van der Waals surface area contributed by atoms with Crippen LogP contribution in [0.15, 0.2) is 24.3 Å². The Hall–Kier alpha value is -1.26. The monoisotopic (exact) mass is 312 g/mol. The van der Waals surface area contributed by atoms with Gasteiger partial charge in [0.15, 0.2) is 0 Å². The van der Waals surface area contributed by atoms with Crippen molar-refractivity contribution in [3.8, 4) is 5.75 Å². The molecule has 1 aliphatic rings. The molecule has 1 aromatic carbocycles. The van der Waals surface area contributed by atoms with Crippen molar-refractivity contribution in [2.24, 2.45) is 5.92 Å². The number of rotatable bonds is 4. The number of nitrogens with one attached hydrogen (secondary N) is 2. The Morgan fingerprint density at radius 2 is 2.00 bits per heavy atom. The molecule has 21 heavy (non-hydrogen) atoms. The van der Waals surface area contributed by atoms with E-state index in [1.165, 1.54) is 0 Å². The van der Waals surface area contributed by atoms with Crippen LogP contribution in [-0.2, 0) is 11.2 Å². The first kappa shape index (κ1) is 17.8.